The van der Waals surface area contributed by atoms with Crippen molar-refractivity contribution in [3.8, 4) is 0 Å². The Bertz CT molecular complexity index is 1660. The first kappa shape index (κ1) is 18.8. The van der Waals surface area contributed by atoms with E-state index in [0.29, 0.717) is 29.5 Å². The van der Waals surface area contributed by atoms with Gasteiger partial charge in [-0.1, -0.05) is 0 Å². The molecule has 3 aromatic heterocycles. The van der Waals surface area contributed by atoms with E-state index in [1.54, 1.807) is 12.1 Å². The number of hydrogen-bond donors (Lipinski definition) is 1. The SMILES string of the molecule is Cc1nc2ccc3cc2n1c1cc2c(c(c1)oc1nc(ncc1C(F)(F)F)[nH]3)C(=O)CC2. The lowest BCUT2D eigenvalue weighted by molar-refractivity contribution is -0.137. The molecule has 0 radical (unpaired) electrons. The molecule has 0 fully saturated rings. The van der Waals surface area contributed by atoms with E-state index in [9.17, 15) is 18.0 Å². The lowest BCUT2D eigenvalue weighted by Crippen LogP contribution is -2.07. The third-order valence-corrected chi connectivity index (χ3v) is 5.67. The van der Waals surface area contributed by atoms with Crippen molar-refractivity contribution in [2.75, 3.05) is 0 Å². The molecule has 6 bridgehead atoms. The maximum absolute atomic E-state index is 13.7. The van der Waals surface area contributed by atoms with Crippen LogP contribution in [0.5, 0.6) is 0 Å². The molecule has 5 aromatic rings. The van der Waals surface area contributed by atoms with Crippen LogP contribution < -0.4 is 0 Å². The number of H-pyrrole nitrogens is 1. The quantitative estimate of drug-likeness (QED) is 0.365. The average Bonchev–Trinajstić information content (AvgIpc) is 3.25. The number of fused-ring (bicyclic) bond motifs is 8. The van der Waals surface area contributed by atoms with Crippen molar-refractivity contribution in [1.29, 1.82) is 0 Å². The standard InChI is InChI=1S/C22H14F3N5O2/c1-10-27-15-4-3-12-7-16(15)30(10)13-6-11-2-5-17(31)19(11)18(8-13)32-20-14(22(23,24)25)9-26-21(28-12)29-20/h3-4,6-9H,2,5H2,1H3,(H,26,28,29). The van der Waals surface area contributed by atoms with Gasteiger partial charge in [-0.3, -0.25) is 9.20 Å². The highest BCUT2D eigenvalue weighted by atomic mass is 19.4. The van der Waals surface area contributed by atoms with E-state index in [4.69, 9.17) is 4.42 Å². The molecule has 6 rings (SSSR count). The fourth-order valence-corrected chi connectivity index (χ4v) is 4.28. The van der Waals surface area contributed by atoms with Gasteiger partial charge in [-0.2, -0.15) is 18.2 Å². The van der Waals surface area contributed by atoms with Gasteiger partial charge in [0.1, 0.15) is 17.0 Å². The predicted molar refractivity (Wildman–Crippen MR) is 110 cm³/mol. The van der Waals surface area contributed by atoms with Crippen molar-refractivity contribution in [3.63, 3.8) is 0 Å². The third kappa shape index (κ3) is 2.75. The van der Waals surface area contributed by atoms with Crippen molar-refractivity contribution < 1.29 is 22.4 Å². The Morgan fingerprint density at radius 1 is 1.12 bits per heavy atom. The number of nitrogens with one attached hydrogen (secondary N) is 1. The summed E-state index contributed by atoms with van der Waals surface area (Å²) < 4.78 is 48.6. The Labute approximate surface area is 177 Å². The summed E-state index contributed by atoms with van der Waals surface area (Å²) in [6.45, 7) is 1.84. The molecule has 0 amide bonds. The summed E-state index contributed by atoms with van der Waals surface area (Å²) in [7, 11) is 0. The number of ketones is 1. The van der Waals surface area contributed by atoms with Crippen LogP contribution in [0.1, 0.15) is 33.7 Å². The highest BCUT2D eigenvalue weighted by molar-refractivity contribution is 6.06. The van der Waals surface area contributed by atoms with E-state index in [0.717, 1.165) is 16.6 Å². The first-order valence-electron chi connectivity index (χ1n) is 9.86. The molecule has 0 spiro atoms. The van der Waals surface area contributed by atoms with E-state index >= 15 is 0 Å². The molecule has 0 atom stereocenters. The van der Waals surface area contributed by atoms with Crippen molar-refractivity contribution in [1.82, 2.24) is 24.3 Å². The molecule has 0 saturated heterocycles. The van der Waals surface area contributed by atoms with Gasteiger partial charge < -0.3 is 9.40 Å². The zero-order chi connectivity index (χ0) is 22.2. The van der Waals surface area contributed by atoms with E-state index in [2.05, 4.69) is 19.9 Å². The maximum atomic E-state index is 13.7. The molecular formula is C22H14F3N5O2. The molecule has 32 heavy (non-hydrogen) atoms. The number of carbonyl (C=O) groups excluding carboxylic acids is 1. The fourth-order valence-electron chi connectivity index (χ4n) is 4.28. The van der Waals surface area contributed by atoms with Crippen LogP contribution in [0, 0.1) is 6.92 Å². The number of benzene rings is 2. The second-order valence-electron chi connectivity index (χ2n) is 7.74. The Morgan fingerprint density at radius 3 is 2.78 bits per heavy atom. The van der Waals surface area contributed by atoms with Crippen molar-refractivity contribution in [3.05, 3.63) is 59.0 Å². The number of aromatic amines is 1. The van der Waals surface area contributed by atoms with E-state index in [-0.39, 0.29) is 29.1 Å². The summed E-state index contributed by atoms with van der Waals surface area (Å²) in [6, 6.07) is 8.82. The Hall–Kier alpha value is -3.95. The number of carbonyl (C=O) groups is 1. The monoisotopic (exact) mass is 437 g/mol. The molecule has 0 unspecified atom stereocenters. The van der Waals surface area contributed by atoms with Crippen molar-refractivity contribution in [2.45, 2.75) is 25.9 Å². The van der Waals surface area contributed by atoms with Crippen LogP contribution in [0.3, 0.4) is 0 Å². The van der Waals surface area contributed by atoms with Gasteiger partial charge in [0, 0.05) is 24.2 Å². The summed E-state index contributed by atoms with van der Waals surface area (Å²) in [4.78, 5) is 27.9. The summed E-state index contributed by atoms with van der Waals surface area (Å²) >= 11 is 0. The topological polar surface area (TPSA) is 89.1 Å². The summed E-state index contributed by atoms with van der Waals surface area (Å²) in [5.41, 5.74) is 2.02. The third-order valence-electron chi connectivity index (χ3n) is 5.67. The van der Waals surface area contributed by atoms with Gasteiger partial charge >= 0.3 is 6.18 Å². The van der Waals surface area contributed by atoms with E-state index < -0.39 is 17.5 Å². The maximum Gasteiger partial charge on any atom is 0.423 e. The summed E-state index contributed by atoms with van der Waals surface area (Å²) in [5, 5.41) is 0. The van der Waals surface area contributed by atoms with Crippen LogP contribution >= 0.6 is 0 Å². The highest BCUT2D eigenvalue weighted by Gasteiger charge is 2.35. The fraction of sp³-hybridized carbons (Fsp3) is 0.182. The first-order chi connectivity index (χ1) is 15.3. The van der Waals surface area contributed by atoms with Crippen LogP contribution in [0.2, 0.25) is 0 Å². The average molecular weight is 437 g/mol. The van der Waals surface area contributed by atoms with Crippen LogP contribution in [0.25, 0.3) is 39.1 Å². The number of alkyl halides is 3. The van der Waals surface area contributed by atoms with Gasteiger partial charge in [0.25, 0.3) is 0 Å². The van der Waals surface area contributed by atoms with Crippen LogP contribution in [0.4, 0.5) is 13.2 Å². The second kappa shape index (κ2) is 6.28. The van der Waals surface area contributed by atoms with Crippen LogP contribution in [0.15, 0.2) is 40.9 Å². The number of Topliss-reactive ketones (excluding diaryl/α,β-unsaturated/α-hetero) is 1. The van der Waals surface area contributed by atoms with Crippen molar-refractivity contribution >= 4 is 44.9 Å². The minimum absolute atomic E-state index is 0.0353. The van der Waals surface area contributed by atoms with Crippen LogP contribution in [-0.2, 0) is 12.6 Å². The summed E-state index contributed by atoms with van der Waals surface area (Å²) in [6.07, 6.45) is -3.30. The Balaban J connectivity index is 1.91. The molecule has 1 aliphatic rings. The molecular weight excluding hydrogens is 423 g/mol. The van der Waals surface area contributed by atoms with Gasteiger partial charge in [-0.15, -0.1) is 0 Å². The van der Waals surface area contributed by atoms with Gasteiger partial charge in [-0.25, -0.2) is 9.97 Å². The number of aromatic nitrogens is 5. The Kier molecular flexibility index (Phi) is 3.69. The van der Waals surface area contributed by atoms with Gasteiger partial charge in [0.05, 0.1) is 22.1 Å². The molecule has 0 aliphatic heterocycles. The molecule has 10 heteroatoms. The largest absolute Gasteiger partial charge is 0.437 e. The number of halogens is 3. The zero-order valence-corrected chi connectivity index (χ0v) is 16.6. The van der Waals surface area contributed by atoms with E-state index in [1.807, 2.05) is 29.5 Å². The molecule has 1 N–H and O–H groups in total. The molecule has 7 nitrogen and oxygen atoms in total. The number of imidazole rings is 1. The lowest BCUT2D eigenvalue weighted by atomic mass is 10.1. The molecule has 3 heterocycles. The van der Waals surface area contributed by atoms with Gasteiger partial charge in [-0.05, 0) is 43.2 Å². The minimum atomic E-state index is -4.73. The number of aryl methyl sites for hydroxylation is 2. The minimum Gasteiger partial charge on any atom is -0.437 e. The number of hydrogen-bond acceptors (Lipinski definition) is 5. The molecule has 160 valence electrons. The molecule has 2 aromatic carbocycles. The zero-order valence-electron chi connectivity index (χ0n) is 16.6. The smallest absolute Gasteiger partial charge is 0.423 e. The molecule has 0 saturated carbocycles. The predicted octanol–water partition coefficient (Wildman–Crippen LogP) is 5.09. The summed E-state index contributed by atoms with van der Waals surface area (Å²) in [5.74, 6) is 0.453. The molecule has 1 aliphatic carbocycles. The van der Waals surface area contributed by atoms with Crippen molar-refractivity contribution in [2.24, 2.45) is 0 Å². The normalized spacial score (nSPS) is 14.1. The van der Waals surface area contributed by atoms with Gasteiger partial charge in [0.2, 0.25) is 11.5 Å². The first-order valence-corrected chi connectivity index (χ1v) is 9.86. The highest BCUT2D eigenvalue weighted by Crippen LogP contribution is 2.34. The van der Waals surface area contributed by atoms with E-state index in [1.165, 1.54) is 0 Å². The van der Waals surface area contributed by atoms with Gasteiger partial charge in [0.15, 0.2) is 5.78 Å². The second-order valence-corrected chi connectivity index (χ2v) is 7.74. The number of nitrogens with zero attached hydrogens (tertiary/aromatic N) is 4. The lowest BCUT2D eigenvalue weighted by Gasteiger charge is -2.08. The van der Waals surface area contributed by atoms with Crippen LogP contribution in [-0.4, -0.2) is 30.1 Å². The Morgan fingerprint density at radius 2 is 1.97 bits per heavy atom. The number of rotatable bonds is 0.